The highest BCUT2D eigenvalue weighted by molar-refractivity contribution is 6.31. The Labute approximate surface area is 153 Å². The monoisotopic (exact) mass is 394 g/mol. The number of anilines is 1. The van der Waals surface area contributed by atoms with Gasteiger partial charge < -0.3 is 19.9 Å². The number of likely N-dealkylation sites (N-methyl/N-ethyl adjacent to an activating group) is 1. The van der Waals surface area contributed by atoms with Crippen molar-refractivity contribution < 1.29 is 32.4 Å². The molecule has 10 heteroatoms. The summed E-state index contributed by atoms with van der Waals surface area (Å²) < 4.78 is 43.7. The van der Waals surface area contributed by atoms with Gasteiger partial charge in [0, 0.05) is 18.8 Å². The Kier molecular flexibility index (Phi) is 6.85. The number of halogens is 4. The number of ether oxygens (including phenoxy) is 1. The lowest BCUT2D eigenvalue weighted by Gasteiger charge is -2.27. The van der Waals surface area contributed by atoms with Crippen molar-refractivity contribution in [3.8, 4) is 0 Å². The van der Waals surface area contributed by atoms with Gasteiger partial charge in [0.25, 0.3) is 11.8 Å². The first-order valence-electron chi connectivity index (χ1n) is 8.00. The minimum absolute atomic E-state index is 0.000897. The Bertz CT molecular complexity index is 664. The van der Waals surface area contributed by atoms with Gasteiger partial charge in [-0.2, -0.15) is 13.2 Å². The van der Waals surface area contributed by atoms with Gasteiger partial charge in [0.05, 0.1) is 30.8 Å². The normalized spacial score (nSPS) is 16.3. The maximum Gasteiger partial charge on any atom is 0.417 e. The summed E-state index contributed by atoms with van der Waals surface area (Å²) in [4.78, 5) is 26.4. The van der Waals surface area contributed by atoms with Gasteiger partial charge in [-0.25, -0.2) is 0 Å². The molecule has 1 atom stereocenters. The Morgan fingerprint density at radius 3 is 2.54 bits per heavy atom. The number of hydrogen-bond acceptors (Lipinski definition) is 3. The van der Waals surface area contributed by atoms with E-state index in [1.54, 1.807) is 11.9 Å². The Morgan fingerprint density at radius 2 is 1.92 bits per heavy atom. The first-order valence-corrected chi connectivity index (χ1v) is 8.38. The van der Waals surface area contributed by atoms with Crippen LogP contribution >= 0.6 is 11.6 Å². The second-order valence-electron chi connectivity index (χ2n) is 6.04. The number of nitrogens with zero attached hydrogens (tertiary/aromatic N) is 1. The summed E-state index contributed by atoms with van der Waals surface area (Å²) in [5, 5.41) is 1.97. The predicted molar refractivity (Wildman–Crippen MR) is 89.1 cm³/mol. The fraction of sp³-hybridized carbons (Fsp3) is 0.500. The number of alkyl halides is 3. The average Bonchev–Trinajstić information content (AvgIpc) is 2.56. The molecule has 0 radical (unpaired) electrons. The molecule has 1 fully saturated rings. The van der Waals surface area contributed by atoms with Gasteiger partial charge >= 0.3 is 6.18 Å². The van der Waals surface area contributed by atoms with E-state index in [9.17, 15) is 22.8 Å². The van der Waals surface area contributed by atoms with Crippen molar-refractivity contribution in [2.75, 3.05) is 51.8 Å². The minimum Gasteiger partial charge on any atom is -0.378 e. The smallest absolute Gasteiger partial charge is 0.378 e. The molecule has 2 rings (SSSR count). The van der Waals surface area contributed by atoms with Crippen molar-refractivity contribution in [2.45, 2.75) is 6.18 Å². The molecule has 1 saturated heterocycles. The third-order valence-corrected chi connectivity index (χ3v) is 4.16. The van der Waals surface area contributed by atoms with Crippen LogP contribution < -0.4 is 10.2 Å². The topological polar surface area (TPSA) is 63.1 Å². The van der Waals surface area contributed by atoms with Crippen LogP contribution in [-0.2, 0) is 20.5 Å². The van der Waals surface area contributed by atoms with Crippen LogP contribution in [0.15, 0.2) is 18.2 Å². The second-order valence-corrected chi connectivity index (χ2v) is 6.45. The first-order chi connectivity index (χ1) is 12.2. The number of hydrogen-bond donors (Lipinski definition) is 2. The number of amides is 2. The van der Waals surface area contributed by atoms with Crippen molar-refractivity contribution in [3.63, 3.8) is 0 Å². The molecule has 2 N–H and O–H groups in total. The van der Waals surface area contributed by atoms with E-state index in [1.807, 2.05) is 0 Å². The molecule has 0 bridgehead atoms. The van der Waals surface area contributed by atoms with Crippen LogP contribution in [-0.4, -0.2) is 63.2 Å². The average molecular weight is 395 g/mol. The second kappa shape index (κ2) is 8.70. The Morgan fingerprint density at radius 1 is 1.27 bits per heavy atom. The third-order valence-electron chi connectivity index (χ3n) is 3.83. The summed E-state index contributed by atoms with van der Waals surface area (Å²) in [5.41, 5.74) is -1.01. The SMILES string of the molecule is C[NH+](CC(=O)Nc1ccc(Cl)c(C(F)(F)F)c1)CC(=O)N1CCOCC1. The van der Waals surface area contributed by atoms with Crippen LogP contribution in [0.4, 0.5) is 18.9 Å². The molecule has 1 heterocycles. The lowest BCUT2D eigenvalue weighted by Crippen LogP contribution is -3.11. The van der Waals surface area contributed by atoms with Crippen molar-refractivity contribution in [3.05, 3.63) is 28.8 Å². The van der Waals surface area contributed by atoms with Gasteiger partial charge in [-0.15, -0.1) is 0 Å². The predicted octanol–water partition coefficient (Wildman–Crippen LogP) is 0.671. The molecule has 0 spiro atoms. The molecule has 1 unspecified atom stereocenters. The number of nitrogens with one attached hydrogen (secondary N) is 2. The van der Waals surface area contributed by atoms with Crippen molar-refractivity contribution in [1.29, 1.82) is 0 Å². The van der Waals surface area contributed by atoms with Crippen molar-refractivity contribution >= 4 is 29.1 Å². The summed E-state index contributed by atoms with van der Waals surface area (Å²) in [6, 6.07) is 3.16. The lowest BCUT2D eigenvalue weighted by atomic mass is 10.2. The zero-order chi connectivity index (χ0) is 19.3. The van der Waals surface area contributed by atoms with E-state index in [0.717, 1.165) is 12.1 Å². The van der Waals surface area contributed by atoms with Crippen LogP contribution in [0.5, 0.6) is 0 Å². The molecule has 26 heavy (non-hydrogen) atoms. The van der Waals surface area contributed by atoms with Gasteiger partial charge in [0.2, 0.25) is 0 Å². The third kappa shape index (κ3) is 5.86. The molecular weight excluding hydrogens is 375 g/mol. The van der Waals surface area contributed by atoms with Crippen molar-refractivity contribution in [2.24, 2.45) is 0 Å². The van der Waals surface area contributed by atoms with E-state index < -0.39 is 22.7 Å². The van der Waals surface area contributed by atoms with E-state index in [-0.39, 0.29) is 24.7 Å². The molecule has 0 aromatic heterocycles. The van der Waals surface area contributed by atoms with Crippen molar-refractivity contribution in [1.82, 2.24) is 4.90 Å². The number of quaternary nitrogens is 1. The standard InChI is InChI=1S/C16H19ClF3N3O3/c1-22(10-15(25)23-4-6-26-7-5-23)9-14(24)21-11-2-3-13(17)12(8-11)16(18,19)20/h2-3,8H,4-7,9-10H2,1H3,(H,21,24)/p+1. The highest BCUT2D eigenvalue weighted by atomic mass is 35.5. The highest BCUT2D eigenvalue weighted by Crippen LogP contribution is 2.36. The summed E-state index contributed by atoms with van der Waals surface area (Å²) in [7, 11) is 1.67. The Balaban J connectivity index is 1.89. The van der Waals surface area contributed by atoms with E-state index in [2.05, 4.69) is 5.32 Å². The summed E-state index contributed by atoms with van der Waals surface area (Å²) in [6.45, 7) is 2.07. The van der Waals surface area contributed by atoms with Gasteiger partial charge in [-0.05, 0) is 18.2 Å². The minimum atomic E-state index is -4.61. The molecule has 0 saturated carbocycles. The summed E-state index contributed by atoms with van der Waals surface area (Å²) in [6.07, 6.45) is -4.61. The van der Waals surface area contributed by atoms with E-state index in [4.69, 9.17) is 16.3 Å². The van der Waals surface area contributed by atoms with Gasteiger partial charge in [0.1, 0.15) is 0 Å². The molecule has 6 nitrogen and oxygen atoms in total. The maximum absolute atomic E-state index is 12.8. The largest absolute Gasteiger partial charge is 0.417 e. The first kappa shape index (κ1) is 20.5. The van der Waals surface area contributed by atoms with E-state index in [0.29, 0.717) is 31.2 Å². The fourth-order valence-electron chi connectivity index (χ4n) is 2.54. The molecule has 144 valence electrons. The van der Waals surface area contributed by atoms with E-state index in [1.165, 1.54) is 6.07 Å². The fourth-order valence-corrected chi connectivity index (χ4v) is 2.77. The number of carbonyl (C=O) groups is 2. The van der Waals surface area contributed by atoms with Gasteiger partial charge in [-0.1, -0.05) is 11.6 Å². The van der Waals surface area contributed by atoms with E-state index >= 15 is 0 Å². The van der Waals surface area contributed by atoms with Crippen LogP contribution in [0.25, 0.3) is 0 Å². The number of benzene rings is 1. The van der Waals surface area contributed by atoms with Gasteiger partial charge in [0.15, 0.2) is 13.1 Å². The molecular formula is C16H20ClF3N3O3+. The highest BCUT2D eigenvalue weighted by Gasteiger charge is 2.33. The summed E-state index contributed by atoms with van der Waals surface area (Å²) >= 11 is 5.54. The number of rotatable bonds is 5. The molecule has 0 aliphatic carbocycles. The van der Waals surface area contributed by atoms with Gasteiger partial charge in [-0.3, -0.25) is 9.59 Å². The zero-order valence-corrected chi connectivity index (χ0v) is 14.9. The van der Waals surface area contributed by atoms with Crippen LogP contribution in [0.1, 0.15) is 5.56 Å². The lowest BCUT2D eigenvalue weighted by molar-refractivity contribution is -0.862. The summed E-state index contributed by atoms with van der Waals surface area (Å²) in [5.74, 6) is -0.586. The quantitative estimate of drug-likeness (QED) is 0.771. The van der Waals surface area contributed by atoms with Crippen LogP contribution in [0, 0.1) is 0 Å². The molecule has 1 aromatic rings. The number of carbonyl (C=O) groups excluding carboxylic acids is 2. The van der Waals surface area contributed by atoms with Crippen LogP contribution in [0.3, 0.4) is 0 Å². The molecule has 2 amide bonds. The molecule has 1 aromatic carbocycles. The van der Waals surface area contributed by atoms with Crippen LogP contribution in [0.2, 0.25) is 5.02 Å². The molecule has 1 aliphatic rings. The maximum atomic E-state index is 12.8. The zero-order valence-electron chi connectivity index (χ0n) is 14.2. The Hall–Kier alpha value is -1.84. The number of morpholine rings is 1. The molecule has 1 aliphatic heterocycles.